The molecule has 0 amide bonds. The first kappa shape index (κ1) is 16.4. The van der Waals surface area contributed by atoms with Crippen molar-refractivity contribution >= 4 is 10.9 Å². The second kappa shape index (κ2) is 6.97. The van der Waals surface area contributed by atoms with Crippen LogP contribution in [0.25, 0.3) is 10.9 Å². The van der Waals surface area contributed by atoms with Crippen molar-refractivity contribution < 1.29 is 9.47 Å². The maximum atomic E-state index is 6.11. The fourth-order valence-corrected chi connectivity index (χ4v) is 3.08. The largest absolute Gasteiger partial charge is 0.493 e. The molecule has 1 heterocycles. The lowest BCUT2D eigenvalue weighted by Gasteiger charge is -2.19. The van der Waals surface area contributed by atoms with Crippen molar-refractivity contribution in [3.8, 4) is 11.5 Å². The third-order valence-corrected chi connectivity index (χ3v) is 4.19. The lowest BCUT2D eigenvalue weighted by Crippen LogP contribution is -2.14. The standard InChI is InChI=1S/C20H24N2O2/c1-13(2)24-19-9-8-14(10-20(19)23-3)16(11-21)17-12-22-18-7-5-4-6-15(17)18/h4-10,12-13,16,22H,11,21H2,1-3H3/t16-/m1/s1. The van der Waals surface area contributed by atoms with Crippen LogP contribution >= 0.6 is 0 Å². The molecule has 4 heteroatoms. The lowest BCUT2D eigenvalue weighted by atomic mass is 9.91. The number of aromatic nitrogens is 1. The van der Waals surface area contributed by atoms with Gasteiger partial charge in [-0.25, -0.2) is 0 Å². The monoisotopic (exact) mass is 324 g/mol. The number of benzene rings is 2. The molecule has 2 aromatic carbocycles. The minimum absolute atomic E-state index is 0.100. The summed E-state index contributed by atoms with van der Waals surface area (Å²) in [6.45, 7) is 4.53. The number of rotatable bonds is 6. The highest BCUT2D eigenvalue weighted by atomic mass is 16.5. The molecule has 3 rings (SSSR count). The van der Waals surface area contributed by atoms with Crippen LogP contribution in [0.15, 0.2) is 48.7 Å². The SMILES string of the molecule is COc1cc([C@@H](CN)c2c[nH]c3ccccc23)ccc1OC(C)C. The molecule has 3 N–H and O–H groups in total. The number of ether oxygens (including phenoxy) is 2. The Morgan fingerprint density at radius 3 is 2.58 bits per heavy atom. The Morgan fingerprint density at radius 1 is 1.08 bits per heavy atom. The van der Waals surface area contributed by atoms with E-state index in [1.54, 1.807) is 7.11 Å². The van der Waals surface area contributed by atoms with Gasteiger partial charge >= 0.3 is 0 Å². The maximum Gasteiger partial charge on any atom is 0.161 e. The molecule has 0 aliphatic heterocycles. The molecule has 0 unspecified atom stereocenters. The Balaban J connectivity index is 2.02. The molecule has 0 saturated heterocycles. The van der Waals surface area contributed by atoms with Crippen LogP contribution in [0, 0.1) is 0 Å². The summed E-state index contributed by atoms with van der Waals surface area (Å²) >= 11 is 0. The predicted molar refractivity (Wildman–Crippen MR) is 98.0 cm³/mol. The van der Waals surface area contributed by atoms with E-state index in [1.165, 1.54) is 10.9 Å². The molecule has 0 aliphatic rings. The summed E-state index contributed by atoms with van der Waals surface area (Å²) in [6.07, 6.45) is 2.15. The van der Waals surface area contributed by atoms with Crippen molar-refractivity contribution in [2.24, 2.45) is 5.73 Å². The van der Waals surface area contributed by atoms with Crippen molar-refractivity contribution in [3.05, 3.63) is 59.8 Å². The molecule has 0 fully saturated rings. The van der Waals surface area contributed by atoms with Gasteiger partial charge in [0.15, 0.2) is 11.5 Å². The first-order valence-electron chi connectivity index (χ1n) is 8.24. The van der Waals surface area contributed by atoms with Crippen LogP contribution in [0.4, 0.5) is 0 Å². The van der Waals surface area contributed by atoms with Crippen molar-refractivity contribution in [1.29, 1.82) is 0 Å². The molecule has 0 aliphatic carbocycles. The average molecular weight is 324 g/mol. The summed E-state index contributed by atoms with van der Waals surface area (Å²) in [7, 11) is 1.66. The highest BCUT2D eigenvalue weighted by Gasteiger charge is 2.18. The Bertz CT molecular complexity index is 823. The van der Waals surface area contributed by atoms with E-state index in [1.807, 2.05) is 44.3 Å². The molecular weight excluding hydrogens is 300 g/mol. The Hall–Kier alpha value is -2.46. The fraction of sp³-hybridized carbons (Fsp3) is 0.300. The molecule has 126 valence electrons. The normalized spacial score (nSPS) is 12.5. The van der Waals surface area contributed by atoms with Gasteiger partial charge in [0, 0.05) is 29.6 Å². The average Bonchev–Trinajstić information content (AvgIpc) is 3.00. The minimum atomic E-state index is 0.100. The molecule has 0 bridgehead atoms. The van der Waals surface area contributed by atoms with Gasteiger partial charge in [-0.15, -0.1) is 0 Å². The first-order valence-corrected chi connectivity index (χ1v) is 8.24. The number of fused-ring (bicyclic) bond motifs is 1. The highest BCUT2D eigenvalue weighted by Crippen LogP contribution is 2.35. The van der Waals surface area contributed by atoms with Gasteiger partial charge in [0.05, 0.1) is 13.2 Å². The van der Waals surface area contributed by atoms with E-state index in [0.29, 0.717) is 6.54 Å². The number of H-pyrrole nitrogens is 1. The molecule has 3 aromatic rings. The van der Waals surface area contributed by atoms with Gasteiger partial charge in [0.2, 0.25) is 0 Å². The quantitative estimate of drug-likeness (QED) is 0.719. The third kappa shape index (κ3) is 3.10. The van der Waals surface area contributed by atoms with Gasteiger partial charge in [0.25, 0.3) is 0 Å². The topological polar surface area (TPSA) is 60.3 Å². The molecule has 0 saturated carbocycles. The maximum absolute atomic E-state index is 6.11. The van der Waals surface area contributed by atoms with Crippen LogP contribution in [0.5, 0.6) is 11.5 Å². The van der Waals surface area contributed by atoms with Crippen molar-refractivity contribution in [2.45, 2.75) is 25.9 Å². The molecular formula is C20H24N2O2. The van der Waals surface area contributed by atoms with E-state index in [0.717, 1.165) is 22.6 Å². The van der Waals surface area contributed by atoms with Crippen LogP contribution < -0.4 is 15.2 Å². The van der Waals surface area contributed by atoms with E-state index < -0.39 is 0 Å². The number of aromatic amines is 1. The number of hydrogen-bond donors (Lipinski definition) is 2. The van der Waals surface area contributed by atoms with Gasteiger partial charge in [-0.2, -0.15) is 0 Å². The van der Waals surface area contributed by atoms with Crippen molar-refractivity contribution in [1.82, 2.24) is 4.98 Å². The first-order chi connectivity index (χ1) is 11.6. The van der Waals surface area contributed by atoms with Crippen LogP contribution in [0.2, 0.25) is 0 Å². The van der Waals surface area contributed by atoms with E-state index in [2.05, 4.69) is 23.2 Å². The van der Waals surface area contributed by atoms with Gasteiger partial charge in [-0.3, -0.25) is 0 Å². The smallest absolute Gasteiger partial charge is 0.161 e. The number of nitrogens with two attached hydrogens (primary N) is 1. The van der Waals surface area contributed by atoms with Gasteiger partial charge in [-0.05, 0) is 43.2 Å². The van der Waals surface area contributed by atoms with Crippen molar-refractivity contribution in [2.75, 3.05) is 13.7 Å². The Kier molecular flexibility index (Phi) is 4.76. The second-order valence-electron chi connectivity index (χ2n) is 6.15. The number of nitrogens with one attached hydrogen (secondary N) is 1. The zero-order valence-electron chi connectivity index (χ0n) is 14.4. The molecule has 1 aromatic heterocycles. The molecule has 24 heavy (non-hydrogen) atoms. The Morgan fingerprint density at radius 2 is 1.88 bits per heavy atom. The number of para-hydroxylation sites is 1. The lowest BCUT2D eigenvalue weighted by molar-refractivity contribution is 0.230. The zero-order chi connectivity index (χ0) is 17.1. The van der Waals surface area contributed by atoms with Crippen LogP contribution in [-0.2, 0) is 0 Å². The zero-order valence-corrected chi connectivity index (χ0v) is 14.4. The Labute approximate surface area is 142 Å². The van der Waals surface area contributed by atoms with Gasteiger partial charge in [0.1, 0.15) is 0 Å². The fourth-order valence-electron chi connectivity index (χ4n) is 3.08. The molecule has 0 radical (unpaired) electrons. The summed E-state index contributed by atoms with van der Waals surface area (Å²) in [4.78, 5) is 3.33. The summed E-state index contributed by atoms with van der Waals surface area (Å²) in [5.41, 5.74) is 9.56. The van der Waals surface area contributed by atoms with Gasteiger partial charge < -0.3 is 20.2 Å². The van der Waals surface area contributed by atoms with Crippen LogP contribution in [0.3, 0.4) is 0 Å². The summed E-state index contributed by atoms with van der Waals surface area (Å²) < 4.78 is 11.3. The van der Waals surface area contributed by atoms with E-state index in [4.69, 9.17) is 15.2 Å². The van der Waals surface area contributed by atoms with E-state index in [9.17, 15) is 0 Å². The summed E-state index contributed by atoms with van der Waals surface area (Å²) in [5, 5.41) is 1.20. The predicted octanol–water partition coefficient (Wildman–Crippen LogP) is 4.05. The van der Waals surface area contributed by atoms with E-state index in [-0.39, 0.29) is 12.0 Å². The van der Waals surface area contributed by atoms with Gasteiger partial charge in [-0.1, -0.05) is 24.3 Å². The molecule has 1 atom stereocenters. The number of methoxy groups -OCH3 is 1. The van der Waals surface area contributed by atoms with Crippen LogP contribution in [0.1, 0.15) is 30.9 Å². The minimum Gasteiger partial charge on any atom is -0.493 e. The number of hydrogen-bond acceptors (Lipinski definition) is 3. The van der Waals surface area contributed by atoms with Crippen molar-refractivity contribution in [3.63, 3.8) is 0 Å². The summed E-state index contributed by atoms with van der Waals surface area (Å²) in [6, 6.07) is 14.3. The van der Waals surface area contributed by atoms with E-state index >= 15 is 0 Å². The molecule has 4 nitrogen and oxygen atoms in total. The highest BCUT2D eigenvalue weighted by molar-refractivity contribution is 5.84. The van der Waals surface area contributed by atoms with Crippen LogP contribution in [-0.4, -0.2) is 24.7 Å². The molecule has 0 spiro atoms. The third-order valence-electron chi connectivity index (χ3n) is 4.19. The second-order valence-corrected chi connectivity index (χ2v) is 6.15. The summed E-state index contributed by atoms with van der Waals surface area (Å²) in [5.74, 6) is 1.59.